The summed E-state index contributed by atoms with van der Waals surface area (Å²) in [5.74, 6) is -0.114. The number of hydrogen-bond acceptors (Lipinski definition) is 3. The lowest BCUT2D eigenvalue weighted by atomic mass is 9.90. The lowest BCUT2D eigenvalue weighted by Gasteiger charge is -2.33. The van der Waals surface area contributed by atoms with Gasteiger partial charge in [-0.25, -0.2) is 0 Å². The summed E-state index contributed by atoms with van der Waals surface area (Å²) in [5.41, 5.74) is 6.45. The normalized spacial score (nSPS) is 24.8. The molecular formula is C13H18N2O2. The molecule has 1 aromatic carbocycles. The van der Waals surface area contributed by atoms with Gasteiger partial charge in [-0.2, -0.15) is 0 Å². The van der Waals surface area contributed by atoms with Crippen LogP contribution in [0.15, 0.2) is 30.3 Å². The van der Waals surface area contributed by atoms with Gasteiger partial charge in [-0.3, -0.25) is 4.79 Å². The van der Waals surface area contributed by atoms with E-state index in [2.05, 4.69) is 5.32 Å². The van der Waals surface area contributed by atoms with Gasteiger partial charge in [-0.1, -0.05) is 18.2 Å². The van der Waals surface area contributed by atoms with Crippen LogP contribution in [0.5, 0.6) is 0 Å². The molecule has 0 spiro atoms. The molecular weight excluding hydrogens is 216 g/mol. The van der Waals surface area contributed by atoms with Crippen molar-refractivity contribution >= 4 is 11.6 Å². The van der Waals surface area contributed by atoms with Gasteiger partial charge in [-0.05, 0) is 31.9 Å². The number of amides is 1. The fourth-order valence-electron chi connectivity index (χ4n) is 1.83. The molecule has 1 amide bonds. The zero-order chi connectivity index (χ0) is 12.3. The minimum absolute atomic E-state index is 0.114. The minimum Gasteiger partial charge on any atom is -0.365 e. The molecule has 1 unspecified atom stereocenters. The second-order valence-electron chi connectivity index (χ2n) is 4.49. The third-order valence-corrected chi connectivity index (χ3v) is 2.94. The van der Waals surface area contributed by atoms with Crippen LogP contribution >= 0.6 is 0 Å². The summed E-state index contributed by atoms with van der Waals surface area (Å²) >= 11 is 0. The Morgan fingerprint density at radius 3 is 2.65 bits per heavy atom. The fourth-order valence-corrected chi connectivity index (χ4v) is 1.83. The van der Waals surface area contributed by atoms with Crippen molar-refractivity contribution in [2.45, 2.75) is 38.0 Å². The van der Waals surface area contributed by atoms with E-state index in [0.29, 0.717) is 0 Å². The van der Waals surface area contributed by atoms with E-state index in [1.165, 1.54) is 0 Å². The van der Waals surface area contributed by atoms with Crippen molar-refractivity contribution in [3.05, 3.63) is 30.3 Å². The highest BCUT2D eigenvalue weighted by Gasteiger charge is 2.29. The second-order valence-corrected chi connectivity index (χ2v) is 4.49. The van der Waals surface area contributed by atoms with Crippen molar-refractivity contribution in [2.75, 3.05) is 5.32 Å². The van der Waals surface area contributed by atoms with Gasteiger partial charge in [0.15, 0.2) is 0 Å². The summed E-state index contributed by atoms with van der Waals surface area (Å²) in [6.07, 6.45) is 1.40. The maximum Gasteiger partial charge on any atom is 0.253 e. The third kappa shape index (κ3) is 3.28. The zero-order valence-corrected chi connectivity index (χ0v) is 9.93. The van der Waals surface area contributed by atoms with E-state index in [1.807, 2.05) is 30.3 Å². The molecule has 1 fully saturated rings. The van der Waals surface area contributed by atoms with Gasteiger partial charge in [0.1, 0.15) is 6.10 Å². The fraction of sp³-hybridized carbons (Fsp3) is 0.462. The molecule has 0 radical (unpaired) electrons. The molecule has 1 aliphatic rings. The quantitative estimate of drug-likeness (QED) is 0.830. The number of hydrogen-bond donors (Lipinski definition) is 2. The number of nitrogens with two attached hydrogens (primary N) is 1. The number of benzene rings is 1. The number of carbonyl (C=O) groups is 1. The third-order valence-electron chi connectivity index (χ3n) is 2.94. The molecule has 0 aliphatic heterocycles. The Kier molecular flexibility index (Phi) is 3.76. The Morgan fingerprint density at radius 1 is 1.41 bits per heavy atom. The van der Waals surface area contributed by atoms with Gasteiger partial charge >= 0.3 is 0 Å². The molecule has 0 bridgehead atoms. The largest absolute Gasteiger partial charge is 0.365 e. The van der Waals surface area contributed by atoms with Crippen LogP contribution in [-0.2, 0) is 9.53 Å². The van der Waals surface area contributed by atoms with Crippen LogP contribution in [0.3, 0.4) is 0 Å². The van der Waals surface area contributed by atoms with Gasteiger partial charge in [-0.15, -0.1) is 0 Å². The maximum absolute atomic E-state index is 11.8. The molecule has 4 heteroatoms. The van der Waals surface area contributed by atoms with E-state index in [9.17, 15) is 4.79 Å². The Balaban J connectivity index is 1.79. The van der Waals surface area contributed by atoms with Crippen LogP contribution in [-0.4, -0.2) is 24.2 Å². The van der Waals surface area contributed by atoms with E-state index in [1.54, 1.807) is 6.92 Å². The van der Waals surface area contributed by atoms with Gasteiger partial charge < -0.3 is 15.8 Å². The molecule has 0 aromatic heterocycles. The number of anilines is 1. The van der Waals surface area contributed by atoms with Gasteiger partial charge in [0.2, 0.25) is 0 Å². The second kappa shape index (κ2) is 5.29. The molecule has 2 rings (SSSR count). The molecule has 1 aromatic rings. The van der Waals surface area contributed by atoms with Crippen molar-refractivity contribution in [1.29, 1.82) is 0 Å². The molecule has 17 heavy (non-hydrogen) atoms. The Hall–Kier alpha value is -1.39. The minimum atomic E-state index is -0.437. The van der Waals surface area contributed by atoms with Gasteiger partial charge in [0, 0.05) is 11.7 Å². The van der Waals surface area contributed by atoms with Crippen molar-refractivity contribution in [1.82, 2.24) is 0 Å². The van der Waals surface area contributed by atoms with Crippen LogP contribution in [0, 0.1) is 0 Å². The molecule has 1 saturated carbocycles. The summed E-state index contributed by atoms with van der Waals surface area (Å²) < 4.78 is 5.60. The Labute approximate surface area is 101 Å². The first-order chi connectivity index (χ1) is 8.15. The van der Waals surface area contributed by atoms with Gasteiger partial charge in [0.05, 0.1) is 6.10 Å². The highest BCUT2D eigenvalue weighted by atomic mass is 16.5. The molecule has 1 atom stereocenters. The number of rotatable bonds is 4. The lowest BCUT2D eigenvalue weighted by molar-refractivity contribution is -0.134. The van der Waals surface area contributed by atoms with Crippen molar-refractivity contribution in [3.63, 3.8) is 0 Å². The number of ether oxygens (including phenoxy) is 1. The van der Waals surface area contributed by atoms with Crippen LogP contribution in [0.2, 0.25) is 0 Å². The monoisotopic (exact) mass is 234 g/mol. The molecule has 0 saturated heterocycles. The summed E-state index contributed by atoms with van der Waals surface area (Å²) in [4.78, 5) is 11.8. The molecule has 1 aliphatic carbocycles. The van der Waals surface area contributed by atoms with E-state index < -0.39 is 6.10 Å². The topological polar surface area (TPSA) is 64.3 Å². The predicted molar refractivity (Wildman–Crippen MR) is 66.6 cm³/mol. The number of nitrogens with one attached hydrogen (secondary N) is 1. The maximum atomic E-state index is 11.8. The Morgan fingerprint density at radius 2 is 2.06 bits per heavy atom. The first-order valence-corrected chi connectivity index (χ1v) is 5.92. The first kappa shape index (κ1) is 12.1. The Bertz CT molecular complexity index is 374. The van der Waals surface area contributed by atoms with Crippen LogP contribution < -0.4 is 11.1 Å². The van der Waals surface area contributed by atoms with E-state index in [-0.39, 0.29) is 18.1 Å². The van der Waals surface area contributed by atoms with Crippen LogP contribution in [0.25, 0.3) is 0 Å². The average molecular weight is 234 g/mol. The summed E-state index contributed by atoms with van der Waals surface area (Å²) in [6.45, 7) is 1.77. The standard InChI is InChI=1S/C13H18N2O2/c1-9(17-12-7-10(14)8-12)13(16)15-11-5-3-2-4-6-11/h2-6,9-10,12H,7-8,14H2,1H3,(H,15,16). The van der Waals surface area contributed by atoms with E-state index >= 15 is 0 Å². The van der Waals surface area contributed by atoms with E-state index in [4.69, 9.17) is 10.5 Å². The van der Waals surface area contributed by atoms with Crippen LogP contribution in [0.1, 0.15) is 19.8 Å². The lowest BCUT2D eigenvalue weighted by Crippen LogP contribution is -2.44. The highest BCUT2D eigenvalue weighted by molar-refractivity contribution is 5.93. The number of carbonyl (C=O) groups excluding carboxylic acids is 1. The van der Waals surface area contributed by atoms with Crippen molar-refractivity contribution < 1.29 is 9.53 Å². The summed E-state index contributed by atoms with van der Waals surface area (Å²) in [7, 11) is 0. The van der Waals surface area contributed by atoms with Gasteiger partial charge in [0.25, 0.3) is 5.91 Å². The van der Waals surface area contributed by atoms with Crippen molar-refractivity contribution in [3.8, 4) is 0 Å². The SMILES string of the molecule is CC(OC1CC(N)C1)C(=O)Nc1ccccc1. The molecule has 92 valence electrons. The summed E-state index contributed by atoms with van der Waals surface area (Å²) in [5, 5.41) is 2.81. The number of para-hydroxylation sites is 1. The average Bonchev–Trinajstić information content (AvgIpc) is 2.28. The summed E-state index contributed by atoms with van der Waals surface area (Å²) in [6, 6.07) is 9.61. The smallest absolute Gasteiger partial charge is 0.253 e. The molecule has 4 nitrogen and oxygen atoms in total. The first-order valence-electron chi connectivity index (χ1n) is 5.92. The van der Waals surface area contributed by atoms with E-state index in [0.717, 1.165) is 18.5 Å². The highest BCUT2D eigenvalue weighted by Crippen LogP contribution is 2.22. The molecule has 0 heterocycles. The van der Waals surface area contributed by atoms with Crippen LogP contribution in [0.4, 0.5) is 5.69 Å². The predicted octanol–water partition coefficient (Wildman–Crippen LogP) is 1.52. The van der Waals surface area contributed by atoms with Crippen molar-refractivity contribution in [2.24, 2.45) is 5.73 Å². The zero-order valence-electron chi connectivity index (χ0n) is 9.93. The molecule has 3 N–H and O–H groups in total.